The molecule has 0 amide bonds. The van der Waals surface area contributed by atoms with Crippen LogP contribution < -0.4 is 0 Å². The second-order valence-corrected chi connectivity index (χ2v) is 4.70. The van der Waals surface area contributed by atoms with Crippen molar-refractivity contribution in [1.82, 2.24) is 9.97 Å². The van der Waals surface area contributed by atoms with Gasteiger partial charge >= 0.3 is 5.97 Å². The Morgan fingerprint density at radius 1 is 1.30 bits per heavy atom. The first-order chi connectivity index (χ1) is 9.69. The average molecular weight is 291 g/mol. The van der Waals surface area contributed by atoms with Gasteiger partial charge in [-0.3, -0.25) is 4.79 Å². The Kier molecular flexibility index (Phi) is 5.07. The summed E-state index contributed by atoms with van der Waals surface area (Å²) in [5, 5.41) is 0.398. The normalized spacial score (nSPS) is 10.3. The van der Waals surface area contributed by atoms with Gasteiger partial charge in [-0.1, -0.05) is 41.9 Å². The molecule has 0 atom stereocenters. The number of carbonyl (C=O) groups excluding carboxylic acids is 1. The molecule has 0 aliphatic carbocycles. The van der Waals surface area contributed by atoms with Crippen molar-refractivity contribution in [2.75, 3.05) is 7.11 Å². The van der Waals surface area contributed by atoms with Crippen LogP contribution in [0.1, 0.15) is 23.4 Å². The number of aromatic nitrogens is 2. The third-order valence-electron chi connectivity index (χ3n) is 2.89. The highest BCUT2D eigenvalue weighted by atomic mass is 35.5. The summed E-state index contributed by atoms with van der Waals surface area (Å²) in [5.41, 5.74) is 1.89. The van der Waals surface area contributed by atoms with Gasteiger partial charge in [0.2, 0.25) is 0 Å². The van der Waals surface area contributed by atoms with Gasteiger partial charge in [0, 0.05) is 24.6 Å². The molecule has 5 heteroatoms. The number of esters is 1. The molecule has 0 aliphatic rings. The van der Waals surface area contributed by atoms with Crippen molar-refractivity contribution in [3.63, 3.8) is 0 Å². The van der Waals surface area contributed by atoms with E-state index in [4.69, 9.17) is 11.6 Å². The van der Waals surface area contributed by atoms with Crippen molar-refractivity contribution in [3.8, 4) is 0 Å². The van der Waals surface area contributed by atoms with Crippen molar-refractivity contribution < 1.29 is 9.53 Å². The fourth-order valence-electron chi connectivity index (χ4n) is 1.79. The highest BCUT2D eigenvalue weighted by molar-refractivity contribution is 6.30. The van der Waals surface area contributed by atoms with Gasteiger partial charge in [0.15, 0.2) is 0 Å². The minimum absolute atomic E-state index is 0.269. The van der Waals surface area contributed by atoms with E-state index in [9.17, 15) is 4.79 Å². The van der Waals surface area contributed by atoms with Gasteiger partial charge in [0.05, 0.1) is 7.11 Å². The van der Waals surface area contributed by atoms with Crippen molar-refractivity contribution in [2.45, 2.75) is 19.3 Å². The number of rotatable bonds is 5. The van der Waals surface area contributed by atoms with Gasteiger partial charge in [0.1, 0.15) is 11.0 Å². The summed E-state index contributed by atoms with van der Waals surface area (Å²) in [6.07, 6.45) is 3.07. The Balaban J connectivity index is 2.04. The zero-order valence-electron chi connectivity index (χ0n) is 11.2. The molecule has 0 N–H and O–H groups in total. The number of benzene rings is 1. The molecule has 0 saturated carbocycles. The first-order valence-corrected chi connectivity index (χ1v) is 6.68. The van der Waals surface area contributed by atoms with Crippen LogP contribution in [0.3, 0.4) is 0 Å². The maximum absolute atomic E-state index is 11.1. The molecule has 0 spiro atoms. The molecule has 0 unspecified atom stereocenters. The van der Waals surface area contributed by atoms with Gasteiger partial charge < -0.3 is 4.74 Å². The smallest absolute Gasteiger partial charge is 0.305 e. The maximum atomic E-state index is 11.1. The standard InChI is InChI=1S/C15H15ClN2O2/c1-20-14(19)8-7-12-10-17-13(18-15(12)16)9-11-5-3-2-4-6-11/h2-6,10H,7-9H2,1H3. The van der Waals surface area contributed by atoms with Crippen molar-refractivity contribution in [2.24, 2.45) is 0 Å². The SMILES string of the molecule is COC(=O)CCc1cnc(Cc2ccccc2)nc1Cl. The molecule has 1 heterocycles. The molecule has 0 bridgehead atoms. The number of aryl methyl sites for hydroxylation is 1. The molecular formula is C15H15ClN2O2. The zero-order valence-corrected chi connectivity index (χ0v) is 11.9. The van der Waals surface area contributed by atoms with Gasteiger partial charge in [-0.25, -0.2) is 9.97 Å². The lowest BCUT2D eigenvalue weighted by atomic mass is 10.1. The summed E-state index contributed by atoms with van der Waals surface area (Å²) >= 11 is 6.12. The second kappa shape index (κ2) is 7.01. The fourth-order valence-corrected chi connectivity index (χ4v) is 2.03. The van der Waals surface area contributed by atoms with Crippen LogP contribution in [-0.2, 0) is 22.4 Å². The molecule has 1 aromatic carbocycles. The highest BCUT2D eigenvalue weighted by Crippen LogP contribution is 2.15. The molecule has 0 aliphatic heterocycles. The molecule has 104 valence electrons. The van der Waals surface area contributed by atoms with Crippen molar-refractivity contribution in [1.29, 1.82) is 0 Å². The molecule has 2 aromatic rings. The van der Waals surface area contributed by atoms with E-state index in [1.54, 1.807) is 6.20 Å². The summed E-state index contributed by atoms with van der Waals surface area (Å²) in [7, 11) is 1.36. The maximum Gasteiger partial charge on any atom is 0.305 e. The van der Waals surface area contributed by atoms with Crippen LogP contribution in [0.2, 0.25) is 5.15 Å². The van der Waals surface area contributed by atoms with Crippen LogP contribution in [0.5, 0.6) is 0 Å². The van der Waals surface area contributed by atoms with E-state index in [-0.39, 0.29) is 12.4 Å². The Labute approximate surface area is 122 Å². The van der Waals surface area contributed by atoms with Crippen LogP contribution >= 0.6 is 11.6 Å². The minimum Gasteiger partial charge on any atom is -0.469 e. The number of nitrogens with zero attached hydrogens (tertiary/aromatic N) is 2. The van der Waals surface area contributed by atoms with Crippen molar-refractivity contribution in [3.05, 3.63) is 58.6 Å². The van der Waals surface area contributed by atoms with Gasteiger partial charge in [-0.05, 0) is 12.0 Å². The second-order valence-electron chi connectivity index (χ2n) is 4.34. The molecule has 0 radical (unpaired) electrons. The van der Waals surface area contributed by atoms with Crippen LogP contribution in [0.25, 0.3) is 0 Å². The first-order valence-electron chi connectivity index (χ1n) is 6.30. The predicted octanol–water partition coefficient (Wildman–Crippen LogP) is 2.83. The molecule has 0 fully saturated rings. The predicted molar refractivity (Wildman–Crippen MR) is 76.6 cm³/mol. The third-order valence-corrected chi connectivity index (χ3v) is 3.22. The van der Waals surface area contributed by atoms with E-state index in [0.717, 1.165) is 11.1 Å². The summed E-state index contributed by atoms with van der Waals surface area (Å²) in [6, 6.07) is 9.95. The molecule has 1 aromatic heterocycles. The summed E-state index contributed by atoms with van der Waals surface area (Å²) < 4.78 is 4.59. The van der Waals surface area contributed by atoms with Gasteiger partial charge in [-0.2, -0.15) is 0 Å². The van der Waals surface area contributed by atoms with E-state index < -0.39 is 0 Å². The Bertz CT molecular complexity index is 588. The number of halogens is 1. The quantitative estimate of drug-likeness (QED) is 0.628. The number of methoxy groups -OCH3 is 1. The first kappa shape index (κ1) is 14.5. The van der Waals surface area contributed by atoms with Crippen LogP contribution in [-0.4, -0.2) is 23.0 Å². The lowest BCUT2D eigenvalue weighted by Crippen LogP contribution is -2.04. The number of ether oxygens (including phenoxy) is 1. The Morgan fingerprint density at radius 3 is 2.70 bits per heavy atom. The Hall–Kier alpha value is -1.94. The molecular weight excluding hydrogens is 276 g/mol. The largest absolute Gasteiger partial charge is 0.469 e. The lowest BCUT2D eigenvalue weighted by molar-refractivity contribution is -0.140. The van der Waals surface area contributed by atoms with Crippen LogP contribution in [0.15, 0.2) is 36.5 Å². The highest BCUT2D eigenvalue weighted by Gasteiger charge is 2.08. The zero-order chi connectivity index (χ0) is 14.4. The van der Waals surface area contributed by atoms with E-state index >= 15 is 0 Å². The fraction of sp³-hybridized carbons (Fsp3) is 0.267. The molecule has 4 nitrogen and oxygen atoms in total. The van der Waals surface area contributed by atoms with Gasteiger partial charge in [0.25, 0.3) is 0 Å². The average Bonchev–Trinajstić information content (AvgIpc) is 2.47. The minimum atomic E-state index is -0.269. The van der Waals surface area contributed by atoms with Gasteiger partial charge in [-0.15, -0.1) is 0 Å². The monoisotopic (exact) mass is 290 g/mol. The summed E-state index contributed by atoms with van der Waals surface area (Å²) in [5.74, 6) is 0.400. The van der Waals surface area contributed by atoms with E-state index in [0.29, 0.717) is 23.8 Å². The van der Waals surface area contributed by atoms with Crippen molar-refractivity contribution >= 4 is 17.6 Å². The van der Waals surface area contributed by atoms with E-state index in [1.165, 1.54) is 7.11 Å². The third kappa shape index (κ3) is 4.03. The Morgan fingerprint density at radius 2 is 2.05 bits per heavy atom. The number of hydrogen-bond acceptors (Lipinski definition) is 4. The van der Waals surface area contributed by atoms with Crippen LogP contribution in [0.4, 0.5) is 0 Å². The van der Waals surface area contributed by atoms with E-state index in [1.807, 2.05) is 30.3 Å². The summed E-state index contributed by atoms with van der Waals surface area (Å²) in [6.45, 7) is 0. The summed E-state index contributed by atoms with van der Waals surface area (Å²) in [4.78, 5) is 19.7. The topological polar surface area (TPSA) is 52.1 Å². The number of hydrogen-bond donors (Lipinski definition) is 0. The van der Waals surface area contributed by atoms with E-state index in [2.05, 4.69) is 14.7 Å². The number of carbonyl (C=O) groups is 1. The molecule has 20 heavy (non-hydrogen) atoms. The molecule has 2 rings (SSSR count). The lowest BCUT2D eigenvalue weighted by Gasteiger charge is -2.05. The molecule has 0 saturated heterocycles. The van der Waals surface area contributed by atoms with Crippen LogP contribution in [0, 0.1) is 0 Å².